The number of carboxylic acid groups (broad SMARTS) is 1. The highest BCUT2D eigenvalue weighted by Crippen LogP contribution is 2.18. The van der Waals surface area contributed by atoms with Gasteiger partial charge in [-0.3, -0.25) is 0 Å². The zero-order valence-electron chi connectivity index (χ0n) is 6.82. The van der Waals surface area contributed by atoms with Crippen LogP contribution in [0.2, 0.25) is 0 Å². The van der Waals surface area contributed by atoms with E-state index in [4.69, 9.17) is 4.42 Å². The molecule has 3 nitrogen and oxygen atoms in total. The van der Waals surface area contributed by atoms with Crippen molar-refractivity contribution < 1.29 is 14.3 Å². The van der Waals surface area contributed by atoms with Crippen molar-refractivity contribution in [2.24, 2.45) is 0 Å². The molecule has 3 heteroatoms. The Balaban J connectivity index is 2.44. The lowest BCUT2D eigenvalue weighted by Gasteiger charge is -1.95. The first kappa shape index (κ1) is 7.86. The molecule has 66 valence electrons. The molecule has 0 bridgehead atoms. The number of aliphatic carboxylic acids is 1. The number of carbonyl (C=O) groups is 1. The number of benzene rings is 1. The fourth-order valence-corrected chi connectivity index (χ4v) is 1.27. The number of carboxylic acids is 1. The lowest BCUT2D eigenvalue weighted by molar-refractivity contribution is -0.305. The minimum atomic E-state index is -1.13. The van der Waals surface area contributed by atoms with E-state index in [-0.39, 0.29) is 6.42 Å². The largest absolute Gasteiger partial charge is 0.550 e. The second kappa shape index (κ2) is 2.94. The molecule has 0 saturated carbocycles. The summed E-state index contributed by atoms with van der Waals surface area (Å²) < 4.78 is 5.26. The summed E-state index contributed by atoms with van der Waals surface area (Å²) >= 11 is 0. The second-order valence-electron chi connectivity index (χ2n) is 2.80. The Hall–Kier alpha value is -1.77. The van der Waals surface area contributed by atoms with Gasteiger partial charge in [0.05, 0.1) is 0 Å². The van der Waals surface area contributed by atoms with Gasteiger partial charge in [-0.05, 0) is 12.1 Å². The van der Waals surface area contributed by atoms with Gasteiger partial charge >= 0.3 is 0 Å². The van der Waals surface area contributed by atoms with Crippen molar-refractivity contribution >= 4 is 16.9 Å². The number of hydrogen-bond acceptors (Lipinski definition) is 3. The van der Waals surface area contributed by atoms with Gasteiger partial charge in [0.2, 0.25) is 0 Å². The van der Waals surface area contributed by atoms with Gasteiger partial charge in [0.25, 0.3) is 0 Å². The number of rotatable bonds is 2. The summed E-state index contributed by atoms with van der Waals surface area (Å²) in [7, 11) is 0. The van der Waals surface area contributed by atoms with Crippen LogP contribution >= 0.6 is 0 Å². The monoisotopic (exact) mass is 175 g/mol. The third-order valence-electron chi connectivity index (χ3n) is 1.80. The molecule has 0 atom stereocenters. The van der Waals surface area contributed by atoms with Crippen molar-refractivity contribution in [3.63, 3.8) is 0 Å². The topological polar surface area (TPSA) is 53.3 Å². The molecule has 0 N–H and O–H groups in total. The SMILES string of the molecule is O=C([O-])Cc1cc2ccccc2o1. The number of furan rings is 1. The first-order valence-corrected chi connectivity index (χ1v) is 3.93. The molecule has 0 amide bonds. The third-order valence-corrected chi connectivity index (χ3v) is 1.80. The molecular weight excluding hydrogens is 168 g/mol. The number of carbonyl (C=O) groups excluding carboxylic acids is 1. The first-order valence-electron chi connectivity index (χ1n) is 3.93. The van der Waals surface area contributed by atoms with Crippen LogP contribution in [0, 0.1) is 0 Å². The maximum atomic E-state index is 10.3. The molecule has 2 aromatic rings. The summed E-state index contributed by atoms with van der Waals surface area (Å²) in [5.41, 5.74) is 0.707. The van der Waals surface area contributed by atoms with Gasteiger partial charge in [0.15, 0.2) is 0 Å². The Morgan fingerprint density at radius 2 is 2.15 bits per heavy atom. The summed E-state index contributed by atoms with van der Waals surface area (Å²) in [5.74, 6) is -0.694. The molecular formula is C10H7O3-. The Morgan fingerprint density at radius 3 is 2.85 bits per heavy atom. The minimum absolute atomic E-state index is 0.172. The molecule has 1 aromatic carbocycles. The Bertz CT molecular complexity index is 409. The standard InChI is InChI=1S/C10H8O3/c11-10(12)6-8-5-7-3-1-2-4-9(7)13-8/h1-5H,6H2,(H,11,12)/p-1. The van der Waals surface area contributed by atoms with Crippen LogP contribution in [0.15, 0.2) is 34.7 Å². The lowest BCUT2D eigenvalue weighted by atomic mass is 10.2. The predicted molar refractivity (Wildman–Crippen MR) is 44.9 cm³/mol. The molecule has 0 aliphatic rings. The molecule has 2 rings (SSSR count). The molecule has 0 aliphatic heterocycles. The van der Waals surface area contributed by atoms with E-state index in [0.29, 0.717) is 11.3 Å². The summed E-state index contributed by atoms with van der Waals surface area (Å²) in [5, 5.41) is 11.2. The van der Waals surface area contributed by atoms with Crippen molar-refractivity contribution in [1.82, 2.24) is 0 Å². The van der Waals surface area contributed by atoms with E-state index in [0.717, 1.165) is 5.39 Å². The van der Waals surface area contributed by atoms with Crippen LogP contribution in [-0.4, -0.2) is 5.97 Å². The van der Waals surface area contributed by atoms with Crippen molar-refractivity contribution in [2.45, 2.75) is 6.42 Å². The van der Waals surface area contributed by atoms with Crippen LogP contribution in [0.4, 0.5) is 0 Å². The van der Waals surface area contributed by atoms with E-state index in [9.17, 15) is 9.90 Å². The summed E-state index contributed by atoms with van der Waals surface area (Å²) in [6.45, 7) is 0. The van der Waals surface area contributed by atoms with Gasteiger partial charge in [0.1, 0.15) is 11.3 Å². The third kappa shape index (κ3) is 1.54. The van der Waals surface area contributed by atoms with Gasteiger partial charge < -0.3 is 14.3 Å². The lowest BCUT2D eigenvalue weighted by Crippen LogP contribution is -2.24. The Kier molecular flexibility index (Phi) is 1.77. The maximum absolute atomic E-state index is 10.3. The van der Waals surface area contributed by atoms with Crippen molar-refractivity contribution in [3.8, 4) is 0 Å². The molecule has 0 unspecified atom stereocenters. The van der Waals surface area contributed by atoms with Gasteiger partial charge in [-0.2, -0.15) is 0 Å². The highest BCUT2D eigenvalue weighted by atomic mass is 16.4. The quantitative estimate of drug-likeness (QED) is 0.675. The first-order chi connectivity index (χ1) is 6.25. The summed E-state index contributed by atoms with van der Waals surface area (Å²) in [6, 6.07) is 9.10. The Labute approximate surface area is 74.6 Å². The van der Waals surface area contributed by atoms with Gasteiger partial charge in [-0.1, -0.05) is 18.2 Å². The van der Waals surface area contributed by atoms with E-state index >= 15 is 0 Å². The van der Waals surface area contributed by atoms with E-state index in [2.05, 4.69) is 0 Å². The molecule has 1 heterocycles. The minimum Gasteiger partial charge on any atom is -0.550 e. The zero-order chi connectivity index (χ0) is 9.26. The molecule has 0 spiro atoms. The number of para-hydroxylation sites is 1. The average Bonchev–Trinajstić information content (AvgIpc) is 2.44. The van der Waals surface area contributed by atoms with Crippen LogP contribution in [-0.2, 0) is 11.2 Å². The van der Waals surface area contributed by atoms with Gasteiger partial charge in [-0.15, -0.1) is 0 Å². The predicted octanol–water partition coefficient (Wildman–Crippen LogP) is 0.725. The fourth-order valence-electron chi connectivity index (χ4n) is 1.27. The average molecular weight is 175 g/mol. The van der Waals surface area contributed by atoms with E-state index in [1.165, 1.54) is 0 Å². The fraction of sp³-hybridized carbons (Fsp3) is 0.100. The summed E-state index contributed by atoms with van der Waals surface area (Å²) in [6.07, 6.45) is -0.172. The second-order valence-corrected chi connectivity index (χ2v) is 2.80. The van der Waals surface area contributed by atoms with E-state index in [1.807, 2.05) is 18.2 Å². The van der Waals surface area contributed by atoms with E-state index in [1.54, 1.807) is 12.1 Å². The van der Waals surface area contributed by atoms with Gasteiger partial charge in [0, 0.05) is 17.8 Å². The Morgan fingerprint density at radius 1 is 1.38 bits per heavy atom. The highest BCUT2D eigenvalue weighted by Gasteiger charge is 2.01. The molecule has 0 fully saturated rings. The van der Waals surface area contributed by atoms with Crippen LogP contribution < -0.4 is 5.11 Å². The van der Waals surface area contributed by atoms with Crippen LogP contribution in [0.3, 0.4) is 0 Å². The molecule has 0 radical (unpaired) electrons. The molecule has 1 aromatic heterocycles. The van der Waals surface area contributed by atoms with Gasteiger partial charge in [-0.25, -0.2) is 0 Å². The smallest absolute Gasteiger partial charge is 0.134 e. The van der Waals surface area contributed by atoms with Crippen molar-refractivity contribution in [2.75, 3.05) is 0 Å². The molecule has 13 heavy (non-hydrogen) atoms. The molecule has 0 saturated heterocycles. The van der Waals surface area contributed by atoms with Crippen molar-refractivity contribution in [1.29, 1.82) is 0 Å². The van der Waals surface area contributed by atoms with Crippen LogP contribution in [0.25, 0.3) is 11.0 Å². The maximum Gasteiger partial charge on any atom is 0.134 e. The molecule has 0 aliphatic carbocycles. The highest BCUT2D eigenvalue weighted by molar-refractivity contribution is 5.79. The number of hydrogen-bond donors (Lipinski definition) is 0. The van der Waals surface area contributed by atoms with Crippen molar-refractivity contribution in [3.05, 3.63) is 36.1 Å². The summed E-state index contributed by atoms with van der Waals surface area (Å²) in [4.78, 5) is 10.3. The van der Waals surface area contributed by atoms with E-state index < -0.39 is 5.97 Å². The van der Waals surface area contributed by atoms with Crippen LogP contribution in [0.1, 0.15) is 5.76 Å². The normalized spacial score (nSPS) is 10.5. The van der Waals surface area contributed by atoms with Crippen LogP contribution in [0.5, 0.6) is 0 Å². The zero-order valence-corrected chi connectivity index (χ0v) is 6.82. The number of fused-ring (bicyclic) bond motifs is 1.